The molecule has 0 saturated heterocycles. The first-order valence-electron chi connectivity index (χ1n) is 4.33. The summed E-state index contributed by atoms with van der Waals surface area (Å²) in [6, 6.07) is 12.5. The van der Waals surface area contributed by atoms with Gasteiger partial charge < -0.3 is 0 Å². The molecule has 76 valence electrons. The molecule has 0 bridgehead atoms. The zero-order valence-corrected chi connectivity index (χ0v) is 10.7. The van der Waals surface area contributed by atoms with Crippen LogP contribution in [-0.4, -0.2) is 0 Å². The fourth-order valence-electron chi connectivity index (χ4n) is 1.39. The van der Waals surface area contributed by atoms with Crippen LogP contribution in [0, 0.1) is 0 Å². The molecule has 15 heavy (non-hydrogen) atoms. The lowest BCUT2D eigenvalue weighted by atomic mass is 10.2. The average Bonchev–Trinajstić information content (AvgIpc) is 2.76. The van der Waals surface area contributed by atoms with E-state index in [4.69, 9.17) is 10.7 Å². The summed E-state index contributed by atoms with van der Waals surface area (Å²) in [4.78, 5) is 2.49. The zero-order chi connectivity index (χ0) is 10.3. The third kappa shape index (κ3) is 1.87. The Morgan fingerprint density at radius 3 is 2.73 bits per heavy atom. The van der Waals surface area contributed by atoms with Gasteiger partial charge in [-0.1, -0.05) is 30.3 Å². The van der Waals surface area contributed by atoms with Crippen LogP contribution in [0.25, 0.3) is 10.4 Å². The molecule has 1 aliphatic rings. The summed E-state index contributed by atoms with van der Waals surface area (Å²) in [6.45, 7) is 0. The van der Waals surface area contributed by atoms with E-state index in [2.05, 4.69) is 34.7 Å². The normalized spacial score (nSPS) is 18.6. The van der Waals surface area contributed by atoms with E-state index in [1.807, 2.05) is 6.07 Å². The van der Waals surface area contributed by atoms with Gasteiger partial charge in [-0.15, -0.1) is 11.3 Å². The summed E-state index contributed by atoms with van der Waals surface area (Å²) >= 11 is 1.71. The van der Waals surface area contributed by atoms with Crippen LogP contribution in [0.3, 0.4) is 0 Å². The molecule has 0 N–H and O–H groups in total. The van der Waals surface area contributed by atoms with Crippen LogP contribution in [-0.2, 0) is 8.94 Å². The van der Waals surface area contributed by atoms with Crippen molar-refractivity contribution in [2.75, 3.05) is 0 Å². The molecule has 1 unspecified atom stereocenters. The fraction of sp³-hybridized carbons (Fsp3) is 0. The molecular weight excluding hydrogens is 266 g/mol. The standard InChI is InChI=1S/C10H6ClNS3/c11-15-12-10-9(14-15)6-8(13-10)7-4-2-1-3-5-7/h1-6H. The van der Waals surface area contributed by atoms with E-state index in [9.17, 15) is 0 Å². The second-order valence-corrected chi connectivity index (χ2v) is 8.13. The lowest BCUT2D eigenvalue weighted by Gasteiger charge is -1.94. The average molecular weight is 272 g/mol. The van der Waals surface area contributed by atoms with Crippen molar-refractivity contribution in [3.63, 3.8) is 0 Å². The Kier molecular flexibility index (Phi) is 2.60. The van der Waals surface area contributed by atoms with Gasteiger partial charge in [-0.05, 0) is 33.1 Å². The van der Waals surface area contributed by atoms with E-state index in [1.54, 1.807) is 22.1 Å². The first-order valence-corrected chi connectivity index (χ1v) is 8.49. The lowest BCUT2D eigenvalue weighted by molar-refractivity contribution is 1.53. The number of halogens is 1. The predicted molar refractivity (Wildman–Crippen MR) is 70.9 cm³/mol. The van der Waals surface area contributed by atoms with Crippen LogP contribution in [0.2, 0.25) is 0 Å². The van der Waals surface area contributed by atoms with Crippen molar-refractivity contribution in [1.29, 1.82) is 0 Å². The molecule has 0 spiro atoms. The minimum atomic E-state index is -0.379. The van der Waals surface area contributed by atoms with E-state index in [-0.39, 0.29) is 8.94 Å². The largest absolute Gasteiger partial charge is 0.189 e. The van der Waals surface area contributed by atoms with Crippen molar-refractivity contribution >= 4 is 46.8 Å². The van der Waals surface area contributed by atoms with Gasteiger partial charge in [0.15, 0.2) is 0 Å². The molecule has 1 aromatic heterocycles. The summed E-state index contributed by atoms with van der Waals surface area (Å²) in [5, 5.41) is 1.08. The molecule has 5 heteroatoms. The number of rotatable bonds is 1. The molecule has 3 rings (SSSR count). The van der Waals surface area contributed by atoms with Crippen LogP contribution < -0.4 is 0 Å². The molecule has 0 radical (unpaired) electrons. The first-order chi connectivity index (χ1) is 7.33. The van der Waals surface area contributed by atoms with Crippen LogP contribution in [0.15, 0.2) is 45.7 Å². The first kappa shape index (κ1) is 9.90. The summed E-state index contributed by atoms with van der Waals surface area (Å²) in [5.41, 5.74) is 1.25. The van der Waals surface area contributed by atoms with Crippen LogP contribution in [0.1, 0.15) is 0 Å². The maximum absolute atomic E-state index is 5.95. The summed E-state index contributed by atoms with van der Waals surface area (Å²) in [5.74, 6) is 0. The Hall–Kier alpha value is -0.290. The molecule has 0 saturated carbocycles. The fourth-order valence-corrected chi connectivity index (χ4v) is 6.04. The molecule has 1 atom stereocenters. The van der Waals surface area contributed by atoms with E-state index in [0.717, 1.165) is 5.00 Å². The Morgan fingerprint density at radius 2 is 2.00 bits per heavy atom. The quantitative estimate of drug-likeness (QED) is 0.663. The molecule has 0 aliphatic carbocycles. The van der Waals surface area contributed by atoms with E-state index in [0.29, 0.717) is 0 Å². The molecule has 1 nitrogen and oxygen atoms in total. The number of nitrogens with zero attached hydrogens (tertiary/aromatic N) is 1. The Bertz CT molecular complexity index is 533. The topological polar surface area (TPSA) is 12.4 Å². The molecule has 0 amide bonds. The Balaban J connectivity index is 2.06. The maximum Gasteiger partial charge on any atom is 0.140 e. The monoisotopic (exact) mass is 271 g/mol. The second-order valence-electron chi connectivity index (χ2n) is 3.03. The van der Waals surface area contributed by atoms with Crippen LogP contribution >= 0.6 is 32.8 Å². The summed E-state index contributed by atoms with van der Waals surface area (Å²) in [6.07, 6.45) is 0. The van der Waals surface area contributed by atoms with Gasteiger partial charge in [0.25, 0.3) is 0 Å². The van der Waals surface area contributed by atoms with Crippen molar-refractivity contribution in [2.45, 2.75) is 4.90 Å². The van der Waals surface area contributed by atoms with Crippen molar-refractivity contribution in [2.24, 2.45) is 4.36 Å². The predicted octanol–water partition coefficient (Wildman–Crippen LogP) is 5.02. The van der Waals surface area contributed by atoms with E-state index in [1.165, 1.54) is 15.3 Å². The van der Waals surface area contributed by atoms with Crippen molar-refractivity contribution < 1.29 is 0 Å². The van der Waals surface area contributed by atoms with Crippen molar-refractivity contribution in [3.8, 4) is 10.4 Å². The summed E-state index contributed by atoms with van der Waals surface area (Å²) in [7, 11) is 7.21. The highest BCUT2D eigenvalue weighted by atomic mass is 35.7. The molecule has 1 aliphatic heterocycles. The number of benzene rings is 1. The zero-order valence-electron chi connectivity index (χ0n) is 7.51. The van der Waals surface area contributed by atoms with E-state index >= 15 is 0 Å². The van der Waals surface area contributed by atoms with Crippen LogP contribution in [0.4, 0.5) is 5.00 Å². The van der Waals surface area contributed by atoms with Gasteiger partial charge >= 0.3 is 0 Å². The maximum atomic E-state index is 5.95. The smallest absolute Gasteiger partial charge is 0.140 e. The minimum Gasteiger partial charge on any atom is -0.189 e. The van der Waals surface area contributed by atoms with E-state index < -0.39 is 0 Å². The highest BCUT2D eigenvalue weighted by molar-refractivity contribution is 8.78. The molecular formula is C10H6ClNS3. The van der Waals surface area contributed by atoms with Gasteiger partial charge in [-0.3, -0.25) is 0 Å². The van der Waals surface area contributed by atoms with Gasteiger partial charge in [0.1, 0.15) is 5.00 Å². The third-order valence-corrected chi connectivity index (χ3v) is 6.28. The number of hydrogen-bond donors (Lipinski definition) is 0. The van der Waals surface area contributed by atoms with Crippen molar-refractivity contribution in [1.82, 2.24) is 0 Å². The van der Waals surface area contributed by atoms with Gasteiger partial charge in [-0.2, -0.15) is 4.36 Å². The van der Waals surface area contributed by atoms with Crippen LogP contribution in [0.5, 0.6) is 0 Å². The molecule has 2 aromatic rings. The molecule has 2 heterocycles. The lowest BCUT2D eigenvalue weighted by Crippen LogP contribution is -1.68. The number of hydrogen-bond acceptors (Lipinski definition) is 3. The van der Waals surface area contributed by atoms with Crippen molar-refractivity contribution in [3.05, 3.63) is 36.4 Å². The molecule has 0 fully saturated rings. The van der Waals surface area contributed by atoms with Gasteiger partial charge in [-0.25, -0.2) is 0 Å². The van der Waals surface area contributed by atoms with Gasteiger partial charge in [0, 0.05) is 4.88 Å². The SMILES string of the molecule is ClS1=Nc2sc(-c3ccccc3)cc2S1. The highest BCUT2D eigenvalue weighted by Gasteiger charge is 2.17. The van der Waals surface area contributed by atoms with Gasteiger partial charge in [0.05, 0.1) is 13.8 Å². The second kappa shape index (κ2) is 3.94. The number of fused-ring (bicyclic) bond motifs is 1. The molecule has 1 aromatic carbocycles. The highest BCUT2D eigenvalue weighted by Crippen LogP contribution is 2.50. The number of thiophene rings is 1. The minimum absolute atomic E-state index is 0.379. The third-order valence-electron chi connectivity index (χ3n) is 2.05. The summed E-state index contributed by atoms with van der Waals surface area (Å²) < 4.78 is 4.37. The Labute approximate surface area is 102 Å². The Morgan fingerprint density at radius 1 is 1.20 bits per heavy atom. The van der Waals surface area contributed by atoms with Gasteiger partial charge in [0.2, 0.25) is 0 Å².